The second-order valence-electron chi connectivity index (χ2n) is 3.93. The van der Waals surface area contributed by atoms with Crippen molar-refractivity contribution in [2.24, 2.45) is 0 Å². The Kier molecular flexibility index (Phi) is 3.33. The van der Waals surface area contributed by atoms with Crippen molar-refractivity contribution in [2.75, 3.05) is 20.6 Å². The minimum Gasteiger partial charge on any atom is -0.308 e. The van der Waals surface area contributed by atoms with Crippen molar-refractivity contribution in [3.05, 3.63) is 32.9 Å². The Morgan fingerprint density at radius 3 is 2.88 bits per heavy atom. The highest BCUT2D eigenvalue weighted by atomic mass is 35.5. The van der Waals surface area contributed by atoms with Gasteiger partial charge in [0.2, 0.25) is 0 Å². The summed E-state index contributed by atoms with van der Waals surface area (Å²) in [5, 5.41) is 0.675. The monoisotopic (exact) mass is 256 g/mol. The summed E-state index contributed by atoms with van der Waals surface area (Å²) in [5.41, 5.74) is 0.973. The van der Waals surface area contributed by atoms with E-state index < -0.39 is 0 Å². The van der Waals surface area contributed by atoms with E-state index in [2.05, 4.69) is 4.90 Å². The number of fused-ring (bicyclic) bond motifs is 1. The number of thiazole rings is 1. The summed E-state index contributed by atoms with van der Waals surface area (Å²) in [5.74, 6) is 0. The zero-order chi connectivity index (χ0) is 11.7. The van der Waals surface area contributed by atoms with Gasteiger partial charge in [-0.1, -0.05) is 22.9 Å². The third-order valence-electron chi connectivity index (χ3n) is 2.40. The van der Waals surface area contributed by atoms with E-state index in [-0.39, 0.29) is 4.87 Å². The molecule has 3 nitrogen and oxygen atoms in total. The lowest BCUT2D eigenvalue weighted by Crippen LogP contribution is -2.23. The van der Waals surface area contributed by atoms with Crippen molar-refractivity contribution in [2.45, 2.75) is 6.54 Å². The highest BCUT2D eigenvalue weighted by molar-refractivity contribution is 7.16. The first-order chi connectivity index (χ1) is 7.58. The number of nitrogens with zero attached hydrogens (tertiary/aromatic N) is 2. The van der Waals surface area contributed by atoms with Crippen LogP contribution in [0, 0.1) is 0 Å². The Labute approximate surface area is 103 Å². The van der Waals surface area contributed by atoms with Gasteiger partial charge in [0.05, 0.1) is 10.2 Å². The van der Waals surface area contributed by atoms with Crippen LogP contribution in [0.15, 0.2) is 23.0 Å². The summed E-state index contributed by atoms with van der Waals surface area (Å²) < 4.78 is 2.76. The molecule has 0 bridgehead atoms. The summed E-state index contributed by atoms with van der Waals surface area (Å²) in [7, 11) is 3.99. The molecule has 2 aromatic rings. The molecule has 1 aromatic carbocycles. The minimum absolute atomic E-state index is 0.0825. The van der Waals surface area contributed by atoms with Crippen LogP contribution in [0.3, 0.4) is 0 Å². The van der Waals surface area contributed by atoms with Crippen LogP contribution in [0.25, 0.3) is 10.2 Å². The molecule has 0 atom stereocenters. The second kappa shape index (κ2) is 4.57. The fourth-order valence-corrected chi connectivity index (χ4v) is 2.75. The average Bonchev–Trinajstić information content (AvgIpc) is 2.50. The Morgan fingerprint density at radius 1 is 1.44 bits per heavy atom. The first-order valence-electron chi connectivity index (χ1n) is 5.01. The Balaban J connectivity index is 2.44. The second-order valence-corrected chi connectivity index (χ2v) is 5.36. The quantitative estimate of drug-likeness (QED) is 0.842. The van der Waals surface area contributed by atoms with E-state index in [0.29, 0.717) is 11.6 Å². The topological polar surface area (TPSA) is 25.2 Å². The summed E-state index contributed by atoms with van der Waals surface area (Å²) in [6.07, 6.45) is 0. The molecule has 1 aromatic heterocycles. The van der Waals surface area contributed by atoms with Crippen LogP contribution in [0.2, 0.25) is 5.02 Å². The maximum Gasteiger partial charge on any atom is 0.308 e. The molecular formula is C11H13ClN2OS. The van der Waals surface area contributed by atoms with Gasteiger partial charge in [0.1, 0.15) is 0 Å². The largest absolute Gasteiger partial charge is 0.308 e. The predicted molar refractivity (Wildman–Crippen MR) is 69.6 cm³/mol. The first-order valence-corrected chi connectivity index (χ1v) is 6.21. The molecule has 0 spiro atoms. The molecule has 2 rings (SSSR count). The Morgan fingerprint density at radius 2 is 2.19 bits per heavy atom. The lowest BCUT2D eigenvalue weighted by Gasteiger charge is -2.09. The molecule has 0 saturated heterocycles. The van der Waals surface area contributed by atoms with E-state index >= 15 is 0 Å². The van der Waals surface area contributed by atoms with Crippen molar-refractivity contribution in [1.29, 1.82) is 0 Å². The molecule has 0 aliphatic carbocycles. The molecule has 0 unspecified atom stereocenters. The van der Waals surface area contributed by atoms with Gasteiger partial charge >= 0.3 is 4.87 Å². The van der Waals surface area contributed by atoms with E-state index in [4.69, 9.17) is 11.6 Å². The molecule has 1 heterocycles. The molecule has 0 fully saturated rings. The lowest BCUT2D eigenvalue weighted by molar-refractivity contribution is 0.385. The number of rotatable bonds is 3. The number of hydrogen-bond acceptors (Lipinski definition) is 3. The van der Waals surface area contributed by atoms with Crippen LogP contribution in [0.5, 0.6) is 0 Å². The maximum atomic E-state index is 11.8. The van der Waals surface area contributed by atoms with Crippen LogP contribution in [-0.2, 0) is 6.54 Å². The number of benzene rings is 1. The zero-order valence-corrected chi connectivity index (χ0v) is 10.8. The average molecular weight is 257 g/mol. The fourth-order valence-electron chi connectivity index (χ4n) is 1.55. The minimum atomic E-state index is 0.0825. The normalized spacial score (nSPS) is 11.5. The van der Waals surface area contributed by atoms with E-state index in [1.165, 1.54) is 11.3 Å². The number of halogens is 1. The highest BCUT2D eigenvalue weighted by Crippen LogP contribution is 2.21. The molecule has 0 N–H and O–H groups in total. The Hall–Kier alpha value is -0.840. The standard InChI is InChI=1S/C11H13ClN2OS/c1-13(2)5-6-14-9-4-3-8(12)7-10(9)16-11(14)15/h3-4,7H,5-6H2,1-2H3. The van der Waals surface area contributed by atoms with Crippen molar-refractivity contribution < 1.29 is 0 Å². The van der Waals surface area contributed by atoms with Crippen LogP contribution in [-0.4, -0.2) is 30.1 Å². The van der Waals surface area contributed by atoms with Gasteiger partial charge in [-0.25, -0.2) is 0 Å². The van der Waals surface area contributed by atoms with E-state index in [1.807, 2.05) is 32.3 Å². The lowest BCUT2D eigenvalue weighted by atomic mass is 10.3. The van der Waals surface area contributed by atoms with Crippen LogP contribution < -0.4 is 4.87 Å². The first kappa shape index (κ1) is 11.6. The van der Waals surface area contributed by atoms with E-state index in [0.717, 1.165) is 16.8 Å². The smallest absolute Gasteiger partial charge is 0.308 e. The number of hydrogen-bond donors (Lipinski definition) is 0. The van der Waals surface area contributed by atoms with Crippen LogP contribution >= 0.6 is 22.9 Å². The predicted octanol–water partition coefficient (Wildman–Crippen LogP) is 2.28. The summed E-state index contributed by atoms with van der Waals surface area (Å²) in [6, 6.07) is 5.57. The molecule has 0 radical (unpaired) electrons. The van der Waals surface area contributed by atoms with Crippen LogP contribution in [0.4, 0.5) is 0 Å². The van der Waals surface area contributed by atoms with Gasteiger partial charge in [-0.3, -0.25) is 9.36 Å². The SMILES string of the molecule is CN(C)CCn1c(=O)sc2cc(Cl)ccc21. The van der Waals surface area contributed by atoms with E-state index in [1.54, 1.807) is 4.57 Å². The third kappa shape index (κ3) is 2.29. The summed E-state index contributed by atoms with van der Waals surface area (Å²) in [4.78, 5) is 13.9. The Bertz CT molecular complexity index is 559. The fraction of sp³-hybridized carbons (Fsp3) is 0.364. The summed E-state index contributed by atoms with van der Waals surface area (Å²) >= 11 is 7.14. The molecule has 0 amide bonds. The molecule has 86 valence electrons. The van der Waals surface area contributed by atoms with Gasteiger partial charge in [-0.15, -0.1) is 0 Å². The molecule has 0 saturated carbocycles. The van der Waals surface area contributed by atoms with Gasteiger partial charge in [0, 0.05) is 18.1 Å². The molecule has 5 heteroatoms. The molecule has 0 aliphatic heterocycles. The van der Waals surface area contributed by atoms with Crippen LogP contribution in [0.1, 0.15) is 0 Å². The highest BCUT2D eigenvalue weighted by Gasteiger charge is 2.07. The van der Waals surface area contributed by atoms with Crippen molar-refractivity contribution >= 4 is 33.2 Å². The molecular weight excluding hydrogens is 244 g/mol. The maximum absolute atomic E-state index is 11.8. The summed E-state index contributed by atoms with van der Waals surface area (Å²) in [6.45, 7) is 1.57. The van der Waals surface area contributed by atoms with Gasteiger partial charge < -0.3 is 4.90 Å². The molecule has 0 aliphatic rings. The third-order valence-corrected chi connectivity index (χ3v) is 3.58. The number of aromatic nitrogens is 1. The van der Waals surface area contributed by atoms with Crippen molar-refractivity contribution in [3.63, 3.8) is 0 Å². The van der Waals surface area contributed by atoms with E-state index in [9.17, 15) is 4.79 Å². The van der Waals surface area contributed by atoms with Gasteiger partial charge in [0.25, 0.3) is 0 Å². The van der Waals surface area contributed by atoms with Crippen molar-refractivity contribution in [3.8, 4) is 0 Å². The van der Waals surface area contributed by atoms with Gasteiger partial charge in [-0.05, 0) is 32.3 Å². The van der Waals surface area contributed by atoms with Gasteiger partial charge in [-0.2, -0.15) is 0 Å². The number of likely N-dealkylation sites (N-methyl/N-ethyl adjacent to an activating group) is 1. The zero-order valence-electron chi connectivity index (χ0n) is 9.24. The van der Waals surface area contributed by atoms with Gasteiger partial charge in [0.15, 0.2) is 0 Å². The van der Waals surface area contributed by atoms with Crippen molar-refractivity contribution in [1.82, 2.24) is 9.47 Å². The molecule has 16 heavy (non-hydrogen) atoms.